The molecular formula is C19H15N3. The lowest BCUT2D eigenvalue weighted by Gasteiger charge is -2.04. The van der Waals surface area contributed by atoms with Crippen LogP contribution in [0, 0.1) is 0 Å². The molecule has 0 atom stereocenters. The molecule has 22 heavy (non-hydrogen) atoms. The average molecular weight is 285 g/mol. The largest absolute Gasteiger partial charge is 0.220 e. The van der Waals surface area contributed by atoms with Gasteiger partial charge in [0.2, 0.25) is 0 Å². The van der Waals surface area contributed by atoms with E-state index in [1.165, 1.54) is 11.1 Å². The molecule has 2 aromatic carbocycles. The van der Waals surface area contributed by atoms with Crippen molar-refractivity contribution in [3.8, 4) is 16.9 Å². The highest BCUT2D eigenvalue weighted by Crippen LogP contribution is 2.24. The third-order valence-electron chi connectivity index (χ3n) is 3.84. The van der Waals surface area contributed by atoms with Crippen molar-refractivity contribution in [1.29, 1.82) is 0 Å². The van der Waals surface area contributed by atoms with E-state index in [-0.39, 0.29) is 0 Å². The molecule has 0 saturated carbocycles. The van der Waals surface area contributed by atoms with Gasteiger partial charge in [-0.1, -0.05) is 65.9 Å². The molecule has 4 rings (SSSR count). The lowest BCUT2D eigenvalue weighted by molar-refractivity contribution is 0.804. The van der Waals surface area contributed by atoms with Crippen LogP contribution >= 0.6 is 0 Å². The van der Waals surface area contributed by atoms with Gasteiger partial charge in [-0.3, -0.25) is 0 Å². The van der Waals surface area contributed by atoms with Gasteiger partial charge < -0.3 is 0 Å². The molecule has 1 aliphatic carbocycles. The first kappa shape index (κ1) is 12.8. The lowest BCUT2D eigenvalue weighted by Crippen LogP contribution is -1.94. The molecule has 1 aliphatic rings. The fourth-order valence-electron chi connectivity index (χ4n) is 2.62. The molecule has 0 aliphatic heterocycles. The predicted molar refractivity (Wildman–Crippen MR) is 88.5 cm³/mol. The number of rotatable bonds is 3. The van der Waals surface area contributed by atoms with E-state index in [0.29, 0.717) is 0 Å². The second-order valence-electron chi connectivity index (χ2n) is 5.29. The fraction of sp³-hybridized carbons (Fsp3) is 0.0526. The van der Waals surface area contributed by atoms with Gasteiger partial charge in [-0.05, 0) is 29.7 Å². The number of aromatic nitrogens is 3. The van der Waals surface area contributed by atoms with Gasteiger partial charge in [-0.2, -0.15) is 0 Å². The van der Waals surface area contributed by atoms with Crippen molar-refractivity contribution < 1.29 is 0 Å². The first-order valence-corrected chi connectivity index (χ1v) is 7.34. The Hall–Kier alpha value is -2.94. The smallest absolute Gasteiger partial charge is 0.113 e. The molecule has 0 radical (unpaired) electrons. The first-order valence-electron chi connectivity index (χ1n) is 7.34. The second-order valence-corrected chi connectivity index (χ2v) is 5.29. The number of allylic oxidation sites excluding steroid dienone is 4. The summed E-state index contributed by atoms with van der Waals surface area (Å²) < 4.78 is 1.81. The van der Waals surface area contributed by atoms with Gasteiger partial charge >= 0.3 is 0 Å². The topological polar surface area (TPSA) is 30.7 Å². The van der Waals surface area contributed by atoms with Gasteiger partial charge in [-0.25, -0.2) is 4.68 Å². The van der Waals surface area contributed by atoms with Crippen molar-refractivity contribution in [2.45, 2.75) is 6.42 Å². The first-order chi connectivity index (χ1) is 10.9. The minimum absolute atomic E-state index is 0.882. The molecule has 0 fully saturated rings. The summed E-state index contributed by atoms with van der Waals surface area (Å²) in [6.45, 7) is 0. The highest BCUT2D eigenvalue weighted by molar-refractivity contribution is 5.71. The van der Waals surface area contributed by atoms with Crippen LogP contribution in [0.1, 0.15) is 12.0 Å². The van der Waals surface area contributed by atoms with E-state index < -0.39 is 0 Å². The summed E-state index contributed by atoms with van der Waals surface area (Å²) in [4.78, 5) is 0. The highest BCUT2D eigenvalue weighted by Gasteiger charge is 2.06. The Morgan fingerprint density at radius 1 is 0.864 bits per heavy atom. The molecule has 0 saturated heterocycles. The molecule has 106 valence electrons. The zero-order valence-corrected chi connectivity index (χ0v) is 12.1. The number of nitrogens with zero attached hydrogens (tertiary/aromatic N) is 3. The number of hydrogen-bond donors (Lipinski definition) is 0. The third-order valence-corrected chi connectivity index (χ3v) is 3.84. The van der Waals surface area contributed by atoms with Gasteiger partial charge in [0.25, 0.3) is 0 Å². The molecule has 1 heterocycles. The van der Waals surface area contributed by atoms with E-state index in [4.69, 9.17) is 0 Å². The van der Waals surface area contributed by atoms with Crippen LogP contribution in [0.5, 0.6) is 0 Å². The average Bonchev–Trinajstić information content (AvgIpc) is 3.28. The van der Waals surface area contributed by atoms with E-state index in [1.54, 1.807) is 0 Å². The van der Waals surface area contributed by atoms with Gasteiger partial charge in [0, 0.05) is 5.56 Å². The van der Waals surface area contributed by atoms with E-state index in [9.17, 15) is 0 Å². The SMILES string of the molecule is C1=CCC(c2ccc(-n3cc(-c4ccccc4)nn3)cc2)=C1. The molecule has 0 bridgehead atoms. The molecule has 1 aromatic heterocycles. The quantitative estimate of drug-likeness (QED) is 0.719. The molecule has 0 amide bonds. The standard InChI is InChI=1S/C19H15N3/c1-2-8-17(9-3-1)19-14-22(21-20-19)18-12-10-16(11-13-18)15-6-4-5-7-15/h1-6,8-14H,7H2. The van der Waals surface area contributed by atoms with Crippen LogP contribution in [0.4, 0.5) is 0 Å². The third kappa shape index (κ3) is 2.37. The minimum Gasteiger partial charge on any atom is -0.220 e. The van der Waals surface area contributed by atoms with Crippen LogP contribution in [0.3, 0.4) is 0 Å². The molecule has 0 unspecified atom stereocenters. The summed E-state index contributed by atoms with van der Waals surface area (Å²) in [5.74, 6) is 0. The number of hydrogen-bond acceptors (Lipinski definition) is 2. The predicted octanol–water partition coefficient (Wildman–Crippen LogP) is 4.28. The van der Waals surface area contributed by atoms with E-state index in [1.807, 2.05) is 41.2 Å². The molecule has 3 aromatic rings. The summed E-state index contributed by atoms with van der Waals surface area (Å²) in [5, 5.41) is 8.48. The maximum atomic E-state index is 4.25. The molecule has 0 spiro atoms. The van der Waals surface area contributed by atoms with Crippen LogP contribution in [-0.4, -0.2) is 15.0 Å². The van der Waals surface area contributed by atoms with E-state index in [0.717, 1.165) is 23.4 Å². The van der Waals surface area contributed by atoms with E-state index >= 15 is 0 Å². The van der Waals surface area contributed by atoms with Gasteiger partial charge in [0.15, 0.2) is 0 Å². The van der Waals surface area contributed by atoms with Crippen molar-refractivity contribution in [3.63, 3.8) is 0 Å². The Balaban J connectivity index is 1.61. The van der Waals surface area contributed by atoms with Crippen molar-refractivity contribution in [2.75, 3.05) is 0 Å². The Kier molecular flexibility index (Phi) is 3.16. The Labute approximate surface area is 129 Å². The normalized spacial score (nSPS) is 13.4. The summed E-state index contributed by atoms with van der Waals surface area (Å²) in [7, 11) is 0. The van der Waals surface area contributed by atoms with Crippen LogP contribution in [0.2, 0.25) is 0 Å². The Morgan fingerprint density at radius 3 is 2.41 bits per heavy atom. The second kappa shape index (κ2) is 5.45. The summed E-state index contributed by atoms with van der Waals surface area (Å²) >= 11 is 0. The van der Waals surface area contributed by atoms with Gasteiger partial charge in [-0.15, -0.1) is 5.10 Å². The molecule has 3 nitrogen and oxygen atoms in total. The molecule has 0 N–H and O–H groups in total. The minimum atomic E-state index is 0.882. The zero-order valence-electron chi connectivity index (χ0n) is 12.1. The van der Waals surface area contributed by atoms with Crippen molar-refractivity contribution >= 4 is 5.57 Å². The number of benzene rings is 2. The Morgan fingerprint density at radius 2 is 1.68 bits per heavy atom. The van der Waals surface area contributed by atoms with Crippen LogP contribution in [-0.2, 0) is 0 Å². The van der Waals surface area contributed by atoms with Crippen LogP contribution < -0.4 is 0 Å². The van der Waals surface area contributed by atoms with Gasteiger partial charge in [0.1, 0.15) is 5.69 Å². The maximum absolute atomic E-state index is 4.25. The summed E-state index contributed by atoms with van der Waals surface area (Å²) in [5.41, 5.74) is 5.59. The Bertz CT molecular complexity index is 840. The monoisotopic (exact) mass is 285 g/mol. The van der Waals surface area contributed by atoms with Crippen molar-refractivity contribution in [2.24, 2.45) is 0 Å². The van der Waals surface area contributed by atoms with E-state index in [2.05, 4.69) is 52.8 Å². The molecular weight excluding hydrogens is 270 g/mol. The van der Waals surface area contributed by atoms with Crippen molar-refractivity contribution in [3.05, 3.63) is 84.6 Å². The van der Waals surface area contributed by atoms with Crippen LogP contribution in [0.25, 0.3) is 22.5 Å². The highest BCUT2D eigenvalue weighted by atomic mass is 15.4. The maximum Gasteiger partial charge on any atom is 0.113 e. The fourth-order valence-corrected chi connectivity index (χ4v) is 2.62. The van der Waals surface area contributed by atoms with Gasteiger partial charge in [0.05, 0.1) is 11.9 Å². The molecule has 3 heteroatoms. The zero-order chi connectivity index (χ0) is 14.8. The summed E-state index contributed by atoms with van der Waals surface area (Å²) in [6.07, 6.45) is 9.42. The van der Waals surface area contributed by atoms with Crippen molar-refractivity contribution in [1.82, 2.24) is 15.0 Å². The van der Waals surface area contributed by atoms with Crippen LogP contribution in [0.15, 0.2) is 79.0 Å². The lowest BCUT2D eigenvalue weighted by atomic mass is 10.1. The summed E-state index contributed by atoms with van der Waals surface area (Å²) in [6, 6.07) is 18.5.